The van der Waals surface area contributed by atoms with E-state index in [1.165, 1.54) is 6.33 Å². The van der Waals surface area contributed by atoms with E-state index >= 15 is 0 Å². The number of aromatic nitrogens is 3. The predicted molar refractivity (Wildman–Crippen MR) is 93.3 cm³/mol. The molecule has 1 aliphatic heterocycles. The molecule has 0 radical (unpaired) electrons. The first-order valence-corrected chi connectivity index (χ1v) is 8.47. The summed E-state index contributed by atoms with van der Waals surface area (Å²) in [6.45, 7) is 4.17. The van der Waals surface area contributed by atoms with Gasteiger partial charge in [0.2, 0.25) is 0 Å². The Balaban J connectivity index is 2.02. The summed E-state index contributed by atoms with van der Waals surface area (Å²) in [5.41, 5.74) is 7.68. The summed E-state index contributed by atoms with van der Waals surface area (Å²) >= 11 is 0. The van der Waals surface area contributed by atoms with Gasteiger partial charge in [0, 0.05) is 26.1 Å². The van der Waals surface area contributed by atoms with Crippen molar-refractivity contribution < 1.29 is 9.47 Å². The molecule has 3 rings (SSSR count). The van der Waals surface area contributed by atoms with Gasteiger partial charge in [0.15, 0.2) is 0 Å². The van der Waals surface area contributed by atoms with Crippen LogP contribution in [0.2, 0.25) is 0 Å². The van der Waals surface area contributed by atoms with Crippen LogP contribution in [0.25, 0.3) is 11.0 Å². The fraction of sp³-hybridized carbons (Fsp3) is 0.556. The Hall–Kier alpha value is -2.10. The van der Waals surface area contributed by atoms with Crippen LogP contribution in [0.15, 0.2) is 12.5 Å². The van der Waals surface area contributed by atoms with Gasteiger partial charge in [-0.05, 0) is 6.42 Å². The second kappa shape index (κ2) is 7.20. The summed E-state index contributed by atoms with van der Waals surface area (Å²) in [6.07, 6.45) is 7.14. The van der Waals surface area contributed by atoms with Crippen LogP contribution in [-0.4, -0.2) is 33.9 Å². The van der Waals surface area contributed by atoms with Gasteiger partial charge in [0.1, 0.15) is 24.0 Å². The number of anilines is 1. The number of methoxy groups -OCH3 is 1. The summed E-state index contributed by atoms with van der Waals surface area (Å²) in [5.74, 6) is 6.71. The van der Waals surface area contributed by atoms with Gasteiger partial charge < -0.3 is 19.8 Å². The third-order valence-electron chi connectivity index (χ3n) is 4.41. The SMILES string of the molecule is CCC#Cc1cn(C2CC(OC)C(CCC)O2)c2ncnc(N)c12. The lowest BCUT2D eigenvalue weighted by Crippen LogP contribution is -2.22. The molecule has 6 nitrogen and oxygen atoms in total. The summed E-state index contributed by atoms with van der Waals surface area (Å²) in [6, 6.07) is 0. The van der Waals surface area contributed by atoms with Crippen molar-refractivity contribution in [2.75, 3.05) is 12.8 Å². The molecule has 2 N–H and O–H groups in total. The standard InChI is InChI=1S/C18H24N4O2/c1-4-6-8-12-10-22(18-16(12)17(19)20-11-21-18)15-9-14(23-3)13(24-15)7-5-2/h10-11,13-15H,4-5,7,9H2,1-3H3,(H2,19,20,21). The maximum Gasteiger partial charge on any atom is 0.148 e. The van der Waals surface area contributed by atoms with E-state index in [0.29, 0.717) is 5.82 Å². The Morgan fingerprint density at radius 1 is 1.42 bits per heavy atom. The maximum absolute atomic E-state index is 6.25. The van der Waals surface area contributed by atoms with Crippen LogP contribution >= 0.6 is 0 Å². The van der Waals surface area contributed by atoms with Crippen LogP contribution in [-0.2, 0) is 9.47 Å². The molecule has 3 heterocycles. The van der Waals surface area contributed by atoms with E-state index in [1.54, 1.807) is 7.11 Å². The molecule has 0 aromatic carbocycles. The van der Waals surface area contributed by atoms with Crippen molar-refractivity contribution in [3.63, 3.8) is 0 Å². The van der Waals surface area contributed by atoms with Crippen LogP contribution in [0, 0.1) is 11.8 Å². The van der Waals surface area contributed by atoms with E-state index in [-0.39, 0.29) is 18.4 Å². The summed E-state index contributed by atoms with van der Waals surface area (Å²) in [4.78, 5) is 8.53. The van der Waals surface area contributed by atoms with Crippen molar-refractivity contribution in [1.29, 1.82) is 0 Å². The zero-order chi connectivity index (χ0) is 17.1. The summed E-state index contributed by atoms with van der Waals surface area (Å²) < 4.78 is 13.9. The fourth-order valence-corrected chi connectivity index (χ4v) is 3.27. The number of nitrogens with two attached hydrogens (primary N) is 1. The average Bonchev–Trinajstić information content (AvgIpc) is 3.15. The molecule has 0 amide bonds. The van der Waals surface area contributed by atoms with Crippen molar-refractivity contribution >= 4 is 16.9 Å². The van der Waals surface area contributed by atoms with Gasteiger partial charge in [-0.15, -0.1) is 0 Å². The van der Waals surface area contributed by atoms with Crippen molar-refractivity contribution in [3.8, 4) is 11.8 Å². The number of rotatable bonds is 4. The normalized spacial score (nSPS) is 23.4. The number of fused-ring (bicyclic) bond motifs is 1. The zero-order valence-corrected chi connectivity index (χ0v) is 14.5. The molecule has 0 bridgehead atoms. The molecular weight excluding hydrogens is 304 g/mol. The number of nitrogens with zero attached hydrogens (tertiary/aromatic N) is 3. The van der Waals surface area contributed by atoms with Crippen LogP contribution in [0.1, 0.15) is 51.3 Å². The minimum absolute atomic E-state index is 0.0942. The van der Waals surface area contributed by atoms with E-state index in [9.17, 15) is 0 Å². The van der Waals surface area contributed by atoms with Crippen LogP contribution in [0.4, 0.5) is 5.82 Å². The Morgan fingerprint density at radius 2 is 2.25 bits per heavy atom. The molecule has 128 valence electrons. The Labute approximate surface area is 142 Å². The quantitative estimate of drug-likeness (QED) is 0.874. The molecule has 1 fully saturated rings. The first-order valence-electron chi connectivity index (χ1n) is 8.47. The Bertz CT molecular complexity index is 774. The Kier molecular flexibility index (Phi) is 5.03. The third kappa shape index (κ3) is 2.97. The lowest BCUT2D eigenvalue weighted by Gasteiger charge is -2.16. The van der Waals surface area contributed by atoms with Gasteiger partial charge in [-0.2, -0.15) is 0 Å². The molecule has 0 spiro atoms. The third-order valence-corrected chi connectivity index (χ3v) is 4.41. The smallest absolute Gasteiger partial charge is 0.148 e. The minimum atomic E-state index is -0.125. The highest BCUT2D eigenvalue weighted by molar-refractivity contribution is 5.92. The fourth-order valence-electron chi connectivity index (χ4n) is 3.27. The van der Waals surface area contributed by atoms with Gasteiger partial charge in [0.25, 0.3) is 0 Å². The first kappa shape index (κ1) is 16.7. The zero-order valence-electron chi connectivity index (χ0n) is 14.5. The average molecular weight is 328 g/mol. The molecule has 1 saturated heterocycles. The molecule has 3 atom stereocenters. The monoisotopic (exact) mass is 328 g/mol. The first-order chi connectivity index (χ1) is 11.7. The molecular formula is C18H24N4O2. The maximum atomic E-state index is 6.25. The highest BCUT2D eigenvalue weighted by Gasteiger charge is 2.36. The number of hydrogen-bond donors (Lipinski definition) is 1. The minimum Gasteiger partial charge on any atom is -0.383 e. The molecule has 6 heteroatoms. The molecule has 1 aliphatic rings. The molecule has 2 aromatic rings. The van der Waals surface area contributed by atoms with Crippen LogP contribution in [0.5, 0.6) is 0 Å². The predicted octanol–water partition coefficient (Wildman–Crippen LogP) is 2.88. The van der Waals surface area contributed by atoms with Gasteiger partial charge in [-0.3, -0.25) is 0 Å². The molecule has 24 heavy (non-hydrogen) atoms. The van der Waals surface area contributed by atoms with Gasteiger partial charge in [-0.1, -0.05) is 32.1 Å². The summed E-state index contributed by atoms with van der Waals surface area (Å²) in [5, 5.41) is 0.801. The molecule has 0 saturated carbocycles. The lowest BCUT2D eigenvalue weighted by molar-refractivity contribution is -0.0298. The van der Waals surface area contributed by atoms with Gasteiger partial charge >= 0.3 is 0 Å². The molecule has 0 aliphatic carbocycles. The van der Waals surface area contributed by atoms with E-state index < -0.39 is 0 Å². The largest absolute Gasteiger partial charge is 0.383 e. The molecule has 3 unspecified atom stereocenters. The van der Waals surface area contributed by atoms with E-state index in [4.69, 9.17) is 15.2 Å². The second-order valence-corrected chi connectivity index (χ2v) is 5.99. The summed E-state index contributed by atoms with van der Waals surface area (Å²) in [7, 11) is 1.74. The van der Waals surface area contributed by atoms with Crippen molar-refractivity contribution in [3.05, 3.63) is 18.1 Å². The Morgan fingerprint density at radius 3 is 2.96 bits per heavy atom. The number of nitrogen functional groups attached to an aromatic ring is 1. The van der Waals surface area contributed by atoms with Crippen molar-refractivity contribution in [2.45, 2.75) is 58.0 Å². The van der Waals surface area contributed by atoms with E-state index in [0.717, 1.165) is 42.3 Å². The van der Waals surface area contributed by atoms with Gasteiger partial charge in [0.05, 0.1) is 23.2 Å². The topological polar surface area (TPSA) is 75.2 Å². The molecule has 2 aromatic heterocycles. The highest BCUT2D eigenvalue weighted by atomic mass is 16.6. The van der Waals surface area contributed by atoms with Crippen LogP contribution in [0.3, 0.4) is 0 Å². The second-order valence-electron chi connectivity index (χ2n) is 5.99. The number of ether oxygens (including phenoxy) is 2. The number of hydrogen-bond acceptors (Lipinski definition) is 5. The lowest BCUT2D eigenvalue weighted by atomic mass is 10.1. The van der Waals surface area contributed by atoms with Crippen molar-refractivity contribution in [2.24, 2.45) is 0 Å². The van der Waals surface area contributed by atoms with Gasteiger partial charge in [-0.25, -0.2) is 9.97 Å². The highest BCUT2D eigenvalue weighted by Crippen LogP contribution is 2.36. The van der Waals surface area contributed by atoms with E-state index in [2.05, 4.69) is 28.7 Å². The van der Waals surface area contributed by atoms with Crippen molar-refractivity contribution in [1.82, 2.24) is 14.5 Å². The van der Waals surface area contributed by atoms with Crippen LogP contribution < -0.4 is 5.73 Å². The van der Waals surface area contributed by atoms with E-state index in [1.807, 2.05) is 17.7 Å².